The Balaban J connectivity index is 1.91. The van der Waals surface area contributed by atoms with Crippen LogP contribution in [0.25, 0.3) is 0 Å². The van der Waals surface area contributed by atoms with Gasteiger partial charge in [-0.3, -0.25) is 57.9 Å². The van der Waals surface area contributed by atoms with E-state index in [9.17, 15) is 63.3 Å². The van der Waals surface area contributed by atoms with Crippen molar-refractivity contribution in [3.8, 4) is 5.75 Å². The Morgan fingerprint density at radius 1 is 0.690 bits per heavy atom. The van der Waals surface area contributed by atoms with Crippen molar-refractivity contribution in [2.24, 2.45) is 74.0 Å². The summed E-state index contributed by atoms with van der Waals surface area (Å²) in [5, 5.41) is 41.6. The quantitative estimate of drug-likeness (QED) is 0.0212. The van der Waals surface area contributed by atoms with Crippen molar-refractivity contribution in [1.29, 1.82) is 0 Å². The minimum atomic E-state index is -1.76. The first-order valence-electron chi connectivity index (χ1n) is 28.6. The van der Waals surface area contributed by atoms with Crippen LogP contribution in [0.5, 0.6) is 5.75 Å². The van der Waals surface area contributed by atoms with Crippen LogP contribution in [0.1, 0.15) is 129 Å². The van der Waals surface area contributed by atoms with E-state index in [1.165, 1.54) is 48.6 Å². The number of nitrogens with zero attached hydrogens (tertiary/aromatic N) is 4. The number of aliphatic hydroxyl groups is 1. The number of aromatic nitrogens is 2. The lowest BCUT2D eigenvalue weighted by atomic mass is 9.87. The van der Waals surface area contributed by atoms with Crippen molar-refractivity contribution in [2.75, 3.05) is 26.2 Å². The molecule has 0 unspecified atom stereocenters. The van der Waals surface area contributed by atoms with E-state index >= 15 is 0 Å². The number of guanidine groups is 2. The lowest BCUT2D eigenvalue weighted by molar-refractivity contribution is -0.143. The Labute approximate surface area is 489 Å². The number of H-pyrrole nitrogens is 1. The summed E-state index contributed by atoms with van der Waals surface area (Å²) in [4.78, 5) is 154. The highest BCUT2D eigenvalue weighted by Gasteiger charge is 2.40. The number of hydrogen-bond donors (Lipinski definition) is 14. The van der Waals surface area contributed by atoms with Crippen LogP contribution in [0.3, 0.4) is 0 Å². The van der Waals surface area contributed by atoms with E-state index in [0.717, 1.165) is 0 Å². The van der Waals surface area contributed by atoms with E-state index in [0.29, 0.717) is 56.3 Å². The van der Waals surface area contributed by atoms with Gasteiger partial charge in [0.1, 0.15) is 23.9 Å². The van der Waals surface area contributed by atoms with Gasteiger partial charge in [0.15, 0.2) is 29.3 Å². The number of aromatic hydroxyl groups is 1. The van der Waals surface area contributed by atoms with Crippen LogP contribution in [0.4, 0.5) is 0 Å². The number of Topliss-reactive ketones (excluding diaryl/α,β-unsaturated/α-hetero) is 3. The van der Waals surface area contributed by atoms with E-state index in [4.69, 9.17) is 34.4 Å². The number of nitrogens with one attached hydrogen (secondary N) is 5. The van der Waals surface area contributed by atoms with E-state index in [1.807, 2.05) is 13.8 Å². The molecule has 84 heavy (non-hydrogen) atoms. The van der Waals surface area contributed by atoms with Crippen molar-refractivity contribution in [1.82, 2.24) is 36.1 Å². The number of phenols is 1. The van der Waals surface area contributed by atoms with Crippen LogP contribution in [0, 0.1) is 29.6 Å². The van der Waals surface area contributed by atoms with Gasteiger partial charge in [-0.2, -0.15) is 0 Å². The number of aromatic amines is 1. The number of aliphatic imine (C=N–C) groups is 2. The number of carboxylic acid groups (broad SMARTS) is 1. The molecule has 1 aromatic carbocycles. The van der Waals surface area contributed by atoms with Crippen LogP contribution >= 0.6 is 0 Å². The largest absolute Gasteiger partial charge is 0.508 e. The third kappa shape index (κ3) is 24.8. The Morgan fingerprint density at radius 2 is 1.26 bits per heavy atom. The molecule has 0 saturated carbocycles. The van der Waals surface area contributed by atoms with E-state index in [1.54, 1.807) is 6.92 Å². The third-order valence-electron chi connectivity index (χ3n) is 14.5. The smallest absolute Gasteiger partial charge is 0.304 e. The van der Waals surface area contributed by atoms with Gasteiger partial charge in [0.2, 0.25) is 35.4 Å². The number of likely N-dealkylation sites (tertiary alicyclic amines) is 1. The molecule has 466 valence electrons. The van der Waals surface area contributed by atoms with Crippen molar-refractivity contribution >= 4 is 70.7 Å². The fourth-order valence-electron chi connectivity index (χ4n) is 9.99. The number of aliphatic hydroxyl groups excluding tert-OH is 1. The molecule has 2 heterocycles. The second kappa shape index (κ2) is 35.9. The molecule has 1 saturated heterocycles. The first-order valence-corrected chi connectivity index (χ1v) is 28.6. The van der Waals surface area contributed by atoms with Crippen molar-refractivity contribution in [3.05, 3.63) is 48.0 Å². The topological polar surface area (TPSA) is 492 Å². The highest BCUT2D eigenvalue weighted by Crippen LogP contribution is 2.25. The van der Waals surface area contributed by atoms with Crippen LogP contribution in [0.2, 0.25) is 0 Å². The van der Waals surface area contributed by atoms with Gasteiger partial charge in [-0.05, 0) is 108 Å². The molecule has 2 aromatic rings. The number of imidazole rings is 1. The monoisotopic (exact) mass is 1180 g/mol. The average Bonchev–Trinajstić information content (AvgIpc) is 4.24. The minimum absolute atomic E-state index is 0.00298. The number of nitrogens with two attached hydrogens (primary N) is 6. The number of benzene rings is 1. The summed E-state index contributed by atoms with van der Waals surface area (Å²) in [7, 11) is 0. The fraction of sp³-hybridized carbons (Fsp3) is 0.625. The Hall–Kier alpha value is -8.01. The number of aliphatic carboxylic acids is 1. The van der Waals surface area contributed by atoms with Gasteiger partial charge >= 0.3 is 5.97 Å². The molecule has 0 spiro atoms. The average molecular weight is 1180 g/mol. The van der Waals surface area contributed by atoms with Crippen LogP contribution < -0.4 is 55.7 Å². The van der Waals surface area contributed by atoms with Gasteiger partial charge in [-0.1, -0.05) is 32.9 Å². The number of phenolic OH excluding ortho intramolecular Hbond substituents is 1. The summed E-state index contributed by atoms with van der Waals surface area (Å²) in [5.41, 5.74) is 34.2. The number of carbonyl (C=O) groups excluding carboxylic acids is 9. The molecule has 10 atom stereocenters. The molecule has 0 bridgehead atoms. The number of amides is 6. The maximum atomic E-state index is 14.6. The van der Waals surface area contributed by atoms with Gasteiger partial charge in [0.05, 0.1) is 36.9 Å². The van der Waals surface area contributed by atoms with Gasteiger partial charge in [-0.15, -0.1) is 0 Å². The number of ketones is 3. The highest BCUT2D eigenvalue weighted by molar-refractivity contribution is 5.99. The lowest BCUT2D eigenvalue weighted by Crippen LogP contribution is -2.58. The normalized spacial score (nSPS) is 16.3. The fourth-order valence-corrected chi connectivity index (χ4v) is 9.99. The summed E-state index contributed by atoms with van der Waals surface area (Å²) in [6.07, 6.45) is 1.11. The zero-order chi connectivity index (χ0) is 62.6. The molecule has 28 nitrogen and oxygen atoms in total. The molecule has 1 aromatic heterocycles. The number of hydrogen-bond acceptors (Lipinski definition) is 16. The molecule has 0 radical (unpaired) electrons. The van der Waals surface area contributed by atoms with E-state index in [2.05, 4.69) is 41.2 Å². The molecule has 1 aliphatic heterocycles. The SMILES string of the molecule is CC(C)C[C@H](CC(=O)[C@H](CCCN=C(N)N)NC(=O)[C@@H](CC(=O)[C@H](CCCCN)NC(=O)[C@H](CC(=O)O)CC(=O)[C@@H](NC(=O)[C@H](Cc1cnc[nH]1)NC(=O)[C@@H]1CCCN1C(=O)[C@@H](C)CCCN=C(N)N)[C@@H](C)O)Cc1ccc(O)cc1)C(N)=O. The Kier molecular flexibility index (Phi) is 30.0. The lowest BCUT2D eigenvalue weighted by Gasteiger charge is -2.29. The number of carbonyl (C=O) groups is 10. The predicted octanol–water partition coefficient (Wildman–Crippen LogP) is -1.18. The standard InChI is InChI=1S/C56H89N15O13/c1-31(2)22-35(49(58)79)24-44(74)41(12-8-20-65-56(61)62)68-50(80)36(23-34-14-16-39(73)17-15-34)25-45(75)40(11-5-6-18-57)67-51(81)37(27-47(77)78)26-46(76)48(33(4)72)70-52(82)42(28-38-29-63-30-66-38)69-53(83)43-13-9-21-71(43)54(84)32(3)10-7-19-64-55(59)60/h14-17,29-33,35-37,40-43,48,72-73H,5-13,18-28,57H2,1-4H3,(H2,58,79)(H,63,66)(H,67,81)(H,68,80)(H,69,83)(H,70,82)(H,77,78)(H4,59,60,64)(H4,61,62,65)/t32-,33+,35+,36+,37-,40-,41-,42-,43-,48-/m0/s1. The molecule has 1 aliphatic rings. The number of unbranched alkanes of at least 4 members (excludes halogenated alkanes) is 1. The minimum Gasteiger partial charge on any atom is -0.508 e. The van der Waals surface area contributed by atoms with Crippen LogP contribution in [0.15, 0.2) is 46.8 Å². The predicted molar refractivity (Wildman–Crippen MR) is 310 cm³/mol. The first kappa shape index (κ1) is 70.3. The van der Waals surface area contributed by atoms with Gasteiger partial charge < -0.3 is 80.9 Å². The summed E-state index contributed by atoms with van der Waals surface area (Å²) in [6, 6.07) is -0.848. The molecule has 28 heteroatoms. The van der Waals surface area contributed by atoms with Crippen molar-refractivity contribution in [2.45, 2.75) is 167 Å². The van der Waals surface area contributed by atoms with E-state index in [-0.39, 0.29) is 94.1 Å². The maximum absolute atomic E-state index is 14.6. The zero-order valence-electron chi connectivity index (χ0n) is 48.6. The number of carboxylic acids is 1. The number of primary amides is 1. The van der Waals surface area contributed by atoms with Crippen molar-refractivity contribution in [3.63, 3.8) is 0 Å². The molecule has 1 fully saturated rings. The maximum Gasteiger partial charge on any atom is 0.304 e. The second-order valence-electron chi connectivity index (χ2n) is 22.1. The molecular weight excluding hydrogens is 1090 g/mol. The summed E-state index contributed by atoms with van der Waals surface area (Å²) < 4.78 is 0. The summed E-state index contributed by atoms with van der Waals surface area (Å²) >= 11 is 0. The molecular formula is C56H89N15O13. The Bertz CT molecular complexity index is 2570. The molecule has 3 rings (SSSR count). The summed E-state index contributed by atoms with van der Waals surface area (Å²) in [5.74, 6) is -12.6. The molecule has 6 amide bonds. The number of rotatable bonds is 40. The van der Waals surface area contributed by atoms with E-state index < -0.39 is 132 Å². The van der Waals surface area contributed by atoms with Gasteiger partial charge in [0, 0.05) is 75.0 Å². The zero-order valence-corrected chi connectivity index (χ0v) is 48.6. The van der Waals surface area contributed by atoms with Crippen molar-refractivity contribution < 1.29 is 63.3 Å². The molecule has 0 aliphatic carbocycles. The van der Waals surface area contributed by atoms with Crippen LogP contribution in [-0.2, 0) is 60.8 Å². The van der Waals surface area contributed by atoms with Gasteiger partial charge in [-0.25, -0.2) is 4.98 Å². The summed E-state index contributed by atoms with van der Waals surface area (Å²) in [6.45, 7) is 7.52. The van der Waals surface area contributed by atoms with Gasteiger partial charge in [0.25, 0.3) is 0 Å². The first-order chi connectivity index (χ1) is 39.7. The molecule has 20 N–H and O–H groups in total. The highest BCUT2D eigenvalue weighted by atomic mass is 16.4. The third-order valence-corrected chi connectivity index (χ3v) is 14.5. The Morgan fingerprint density at radius 3 is 1.80 bits per heavy atom. The van der Waals surface area contributed by atoms with Crippen LogP contribution in [-0.4, -0.2) is 163 Å². The second-order valence-corrected chi connectivity index (χ2v) is 22.1.